The molecule has 0 aliphatic carbocycles. The molecule has 0 bridgehead atoms. The lowest BCUT2D eigenvalue weighted by atomic mass is 10.3. The van der Waals surface area contributed by atoms with E-state index in [2.05, 4.69) is 10.3 Å². The first-order chi connectivity index (χ1) is 7.99. The minimum Gasteiger partial charge on any atom is -0.312 e. The molecule has 1 rings (SSSR count). The van der Waals surface area contributed by atoms with E-state index < -0.39 is 11.9 Å². The van der Waals surface area contributed by atoms with Crippen molar-refractivity contribution in [3.8, 4) is 0 Å². The van der Waals surface area contributed by atoms with E-state index in [1.54, 1.807) is 0 Å². The predicted octanol–water partition coefficient (Wildman–Crippen LogP) is 3.61. The molecule has 0 saturated carbocycles. The molecule has 98 valence electrons. The second kappa shape index (κ2) is 6.35. The van der Waals surface area contributed by atoms with Crippen molar-refractivity contribution in [3.05, 3.63) is 15.6 Å². The third-order valence-electron chi connectivity index (χ3n) is 2.19. The summed E-state index contributed by atoms with van der Waals surface area (Å²) < 4.78 is 38.2. The van der Waals surface area contributed by atoms with Gasteiger partial charge >= 0.3 is 6.18 Å². The summed E-state index contributed by atoms with van der Waals surface area (Å²) >= 11 is 1.17. The van der Waals surface area contributed by atoms with E-state index in [-0.39, 0.29) is 6.54 Å². The number of aromatic nitrogens is 1. The fourth-order valence-electron chi connectivity index (χ4n) is 1.44. The highest BCUT2D eigenvalue weighted by molar-refractivity contribution is 7.11. The van der Waals surface area contributed by atoms with E-state index in [1.807, 2.05) is 13.8 Å². The van der Waals surface area contributed by atoms with Crippen molar-refractivity contribution in [1.29, 1.82) is 0 Å². The standard InChI is InChI=1S/C11H17F3N2S/c1-3-5-9-16-10(11(12,13)14)8(17-9)7-15-6-4-2/h15H,3-7H2,1-2H3. The Bertz CT molecular complexity index is 347. The number of halogens is 3. The highest BCUT2D eigenvalue weighted by Gasteiger charge is 2.37. The first kappa shape index (κ1) is 14.4. The Morgan fingerprint density at radius 1 is 1.24 bits per heavy atom. The van der Waals surface area contributed by atoms with Crippen LogP contribution in [0.2, 0.25) is 0 Å². The molecule has 0 aliphatic heterocycles. The topological polar surface area (TPSA) is 24.9 Å². The van der Waals surface area contributed by atoms with Gasteiger partial charge in [0.05, 0.1) is 9.88 Å². The van der Waals surface area contributed by atoms with Crippen molar-refractivity contribution in [2.24, 2.45) is 0 Å². The van der Waals surface area contributed by atoms with Gasteiger partial charge in [0.25, 0.3) is 0 Å². The molecule has 0 unspecified atom stereocenters. The monoisotopic (exact) mass is 266 g/mol. The van der Waals surface area contributed by atoms with Gasteiger partial charge in [0.1, 0.15) is 0 Å². The smallest absolute Gasteiger partial charge is 0.312 e. The summed E-state index contributed by atoms with van der Waals surface area (Å²) in [6, 6.07) is 0. The van der Waals surface area contributed by atoms with Gasteiger partial charge < -0.3 is 5.32 Å². The lowest BCUT2D eigenvalue weighted by molar-refractivity contribution is -0.141. The lowest BCUT2D eigenvalue weighted by Gasteiger charge is -2.06. The first-order valence-corrected chi connectivity index (χ1v) is 6.57. The number of alkyl halides is 3. The SMILES string of the molecule is CCCNCc1sc(CCC)nc1C(F)(F)F. The molecule has 0 aromatic carbocycles. The van der Waals surface area contributed by atoms with Crippen LogP contribution in [0.5, 0.6) is 0 Å². The summed E-state index contributed by atoms with van der Waals surface area (Å²) in [7, 11) is 0. The first-order valence-electron chi connectivity index (χ1n) is 5.75. The molecule has 17 heavy (non-hydrogen) atoms. The predicted molar refractivity (Wildman–Crippen MR) is 63.1 cm³/mol. The maximum atomic E-state index is 12.7. The van der Waals surface area contributed by atoms with Crippen molar-refractivity contribution in [2.45, 2.75) is 45.8 Å². The second-order valence-corrected chi connectivity index (χ2v) is 4.97. The van der Waals surface area contributed by atoms with Crippen LogP contribution in [0.3, 0.4) is 0 Å². The van der Waals surface area contributed by atoms with Crippen molar-refractivity contribution in [3.63, 3.8) is 0 Å². The fraction of sp³-hybridized carbons (Fsp3) is 0.727. The van der Waals surface area contributed by atoms with Gasteiger partial charge in [0.2, 0.25) is 0 Å². The Labute approximate surface area is 103 Å². The molecule has 0 aliphatic rings. The molecule has 1 N–H and O–H groups in total. The largest absolute Gasteiger partial charge is 0.434 e. The molecule has 0 spiro atoms. The van der Waals surface area contributed by atoms with Crippen LogP contribution in [0.25, 0.3) is 0 Å². The Morgan fingerprint density at radius 2 is 1.94 bits per heavy atom. The normalized spacial score (nSPS) is 12.1. The van der Waals surface area contributed by atoms with Gasteiger partial charge in [-0.2, -0.15) is 13.2 Å². The van der Waals surface area contributed by atoms with Crippen molar-refractivity contribution in [2.75, 3.05) is 6.54 Å². The Morgan fingerprint density at radius 3 is 2.47 bits per heavy atom. The van der Waals surface area contributed by atoms with E-state index in [4.69, 9.17) is 0 Å². The molecule has 0 saturated heterocycles. The minimum absolute atomic E-state index is 0.254. The summed E-state index contributed by atoms with van der Waals surface area (Å²) in [6.45, 7) is 4.89. The number of rotatable bonds is 6. The van der Waals surface area contributed by atoms with Crippen LogP contribution < -0.4 is 5.32 Å². The zero-order chi connectivity index (χ0) is 12.9. The van der Waals surface area contributed by atoms with Crippen molar-refractivity contribution in [1.82, 2.24) is 10.3 Å². The second-order valence-electron chi connectivity index (χ2n) is 3.80. The molecule has 0 fully saturated rings. The van der Waals surface area contributed by atoms with E-state index in [0.717, 1.165) is 19.4 Å². The fourth-order valence-corrected chi connectivity index (χ4v) is 2.60. The van der Waals surface area contributed by atoms with E-state index in [1.165, 1.54) is 11.3 Å². The van der Waals surface area contributed by atoms with Crippen LogP contribution in [-0.4, -0.2) is 11.5 Å². The molecule has 1 aromatic rings. The Kier molecular flexibility index (Phi) is 5.39. The van der Waals surface area contributed by atoms with Gasteiger partial charge in [0, 0.05) is 6.54 Å². The Balaban J connectivity index is 2.84. The minimum atomic E-state index is -4.34. The number of nitrogens with zero attached hydrogens (tertiary/aromatic N) is 1. The summed E-state index contributed by atoms with van der Waals surface area (Å²) in [5.74, 6) is 0. The van der Waals surface area contributed by atoms with Gasteiger partial charge in [-0.3, -0.25) is 0 Å². The average Bonchev–Trinajstić information content (AvgIpc) is 2.62. The highest BCUT2D eigenvalue weighted by atomic mass is 32.1. The zero-order valence-electron chi connectivity index (χ0n) is 10.0. The quantitative estimate of drug-likeness (QED) is 0.796. The van der Waals surface area contributed by atoms with Gasteiger partial charge in [-0.1, -0.05) is 13.8 Å². The van der Waals surface area contributed by atoms with Crippen molar-refractivity contribution < 1.29 is 13.2 Å². The summed E-state index contributed by atoms with van der Waals surface area (Å²) in [4.78, 5) is 4.00. The lowest BCUT2D eigenvalue weighted by Crippen LogP contribution is -2.17. The van der Waals surface area contributed by atoms with E-state index in [9.17, 15) is 13.2 Å². The van der Waals surface area contributed by atoms with E-state index >= 15 is 0 Å². The molecule has 6 heteroatoms. The average molecular weight is 266 g/mol. The van der Waals surface area contributed by atoms with Gasteiger partial charge in [-0.25, -0.2) is 4.98 Å². The third-order valence-corrected chi connectivity index (χ3v) is 3.30. The van der Waals surface area contributed by atoms with Crippen LogP contribution >= 0.6 is 11.3 Å². The molecule has 0 atom stereocenters. The van der Waals surface area contributed by atoms with Crippen LogP contribution in [0.4, 0.5) is 13.2 Å². The van der Waals surface area contributed by atoms with Gasteiger partial charge in [-0.05, 0) is 25.8 Å². The highest BCUT2D eigenvalue weighted by Crippen LogP contribution is 2.34. The number of hydrogen-bond acceptors (Lipinski definition) is 3. The maximum Gasteiger partial charge on any atom is 0.434 e. The van der Waals surface area contributed by atoms with Crippen molar-refractivity contribution >= 4 is 11.3 Å². The number of nitrogens with one attached hydrogen (secondary N) is 1. The summed E-state index contributed by atoms with van der Waals surface area (Å²) in [6.07, 6.45) is -2.01. The Hall–Kier alpha value is -0.620. The molecule has 0 radical (unpaired) electrons. The molecule has 2 nitrogen and oxygen atoms in total. The molecule has 0 amide bonds. The van der Waals surface area contributed by atoms with Gasteiger partial charge in [0.15, 0.2) is 5.69 Å². The molecule has 1 heterocycles. The van der Waals surface area contributed by atoms with Crippen LogP contribution in [0, 0.1) is 0 Å². The molecular formula is C11H17F3N2S. The van der Waals surface area contributed by atoms with Crippen LogP contribution in [-0.2, 0) is 19.1 Å². The summed E-state index contributed by atoms with van der Waals surface area (Å²) in [5.41, 5.74) is -0.713. The van der Waals surface area contributed by atoms with E-state index in [0.29, 0.717) is 16.3 Å². The molecular weight excluding hydrogens is 249 g/mol. The number of aryl methyl sites for hydroxylation is 1. The van der Waals surface area contributed by atoms with Crippen LogP contribution in [0.1, 0.15) is 42.3 Å². The summed E-state index contributed by atoms with van der Waals surface area (Å²) in [5, 5.41) is 3.57. The number of thiazole rings is 1. The number of hydrogen-bond donors (Lipinski definition) is 1. The molecule has 1 aromatic heterocycles. The third kappa shape index (κ3) is 4.27. The van der Waals surface area contributed by atoms with Gasteiger partial charge in [-0.15, -0.1) is 11.3 Å². The maximum absolute atomic E-state index is 12.7. The van der Waals surface area contributed by atoms with Crippen LogP contribution in [0.15, 0.2) is 0 Å². The zero-order valence-corrected chi connectivity index (χ0v) is 10.8.